The average molecular weight is 499 g/mol. The van der Waals surface area contributed by atoms with Crippen molar-refractivity contribution in [2.24, 2.45) is 5.92 Å². The highest BCUT2D eigenvalue weighted by molar-refractivity contribution is 7.22. The van der Waals surface area contributed by atoms with Crippen molar-refractivity contribution in [3.63, 3.8) is 0 Å². The molecule has 1 saturated heterocycles. The molecule has 11 nitrogen and oxygen atoms in total. The molecule has 2 N–H and O–H groups in total. The molecule has 4 heterocycles. The van der Waals surface area contributed by atoms with Gasteiger partial charge in [-0.25, -0.2) is 4.98 Å². The zero-order valence-corrected chi connectivity index (χ0v) is 20.1. The molecule has 0 aliphatic carbocycles. The maximum Gasteiger partial charge on any atom is 0.273 e. The van der Waals surface area contributed by atoms with Crippen LogP contribution in [0.3, 0.4) is 0 Å². The van der Waals surface area contributed by atoms with Gasteiger partial charge in [0.05, 0.1) is 5.92 Å². The Kier molecular flexibility index (Phi) is 6.53. The summed E-state index contributed by atoms with van der Waals surface area (Å²) in [5.41, 5.74) is 0.570. The van der Waals surface area contributed by atoms with Gasteiger partial charge in [-0.1, -0.05) is 11.3 Å². The Labute approximate surface area is 205 Å². The van der Waals surface area contributed by atoms with Crippen LogP contribution in [0.1, 0.15) is 19.8 Å². The second kappa shape index (κ2) is 9.90. The van der Waals surface area contributed by atoms with Crippen molar-refractivity contribution in [3.05, 3.63) is 34.9 Å². The number of aromatic nitrogens is 3. The number of fused-ring (bicyclic) bond motifs is 2. The number of thiazole rings is 1. The first-order valence-corrected chi connectivity index (χ1v) is 12.4. The van der Waals surface area contributed by atoms with Crippen molar-refractivity contribution in [1.82, 2.24) is 19.9 Å². The van der Waals surface area contributed by atoms with Crippen LogP contribution < -0.4 is 30.6 Å². The average Bonchev–Trinajstić information content (AvgIpc) is 3.31. The van der Waals surface area contributed by atoms with Crippen LogP contribution in [0.25, 0.3) is 10.3 Å². The number of anilines is 2. The topological polar surface area (TPSA) is 128 Å². The summed E-state index contributed by atoms with van der Waals surface area (Å²) in [6.45, 7) is 4.57. The molecule has 5 rings (SSSR count). The summed E-state index contributed by atoms with van der Waals surface area (Å²) in [7, 11) is 0. The van der Waals surface area contributed by atoms with Gasteiger partial charge >= 0.3 is 0 Å². The Morgan fingerprint density at radius 1 is 1.23 bits per heavy atom. The third-order valence-corrected chi connectivity index (χ3v) is 7.02. The van der Waals surface area contributed by atoms with Gasteiger partial charge < -0.3 is 25.0 Å². The first-order chi connectivity index (χ1) is 17.0. The molecule has 1 atom stereocenters. The maximum atomic E-state index is 13.1. The lowest BCUT2D eigenvalue weighted by Crippen LogP contribution is -2.43. The van der Waals surface area contributed by atoms with Crippen LogP contribution in [0, 0.1) is 5.92 Å². The van der Waals surface area contributed by atoms with E-state index in [-0.39, 0.29) is 29.8 Å². The summed E-state index contributed by atoms with van der Waals surface area (Å²) in [5, 5.41) is 6.32. The number of ether oxygens (including phenoxy) is 2. The van der Waals surface area contributed by atoms with Gasteiger partial charge in [0, 0.05) is 31.4 Å². The van der Waals surface area contributed by atoms with Crippen LogP contribution in [0.5, 0.6) is 11.5 Å². The van der Waals surface area contributed by atoms with Crippen LogP contribution in [-0.4, -0.2) is 59.2 Å². The van der Waals surface area contributed by atoms with Crippen molar-refractivity contribution in [3.8, 4) is 11.5 Å². The van der Waals surface area contributed by atoms with E-state index in [1.165, 1.54) is 22.2 Å². The number of carbonyl (C=O) groups excluding carboxylic acids is 2. The molecule has 2 aliphatic rings. The number of nitrogens with one attached hydrogen (secondary N) is 2. The molecule has 2 aromatic heterocycles. The Hall–Kier alpha value is -3.67. The van der Waals surface area contributed by atoms with E-state index in [4.69, 9.17) is 9.47 Å². The summed E-state index contributed by atoms with van der Waals surface area (Å²) in [6.07, 6.45) is 3.04. The van der Waals surface area contributed by atoms with E-state index in [2.05, 4.69) is 20.6 Å². The van der Waals surface area contributed by atoms with Crippen molar-refractivity contribution < 1.29 is 19.1 Å². The fourth-order valence-electron chi connectivity index (χ4n) is 4.24. The van der Waals surface area contributed by atoms with E-state index in [1.54, 1.807) is 18.2 Å². The van der Waals surface area contributed by atoms with Gasteiger partial charge in [-0.3, -0.25) is 19.0 Å². The summed E-state index contributed by atoms with van der Waals surface area (Å²) in [4.78, 5) is 48.8. The first-order valence-electron chi connectivity index (χ1n) is 11.6. The Morgan fingerprint density at radius 2 is 2.06 bits per heavy atom. The van der Waals surface area contributed by atoms with Crippen LogP contribution >= 0.6 is 11.3 Å². The number of nitrogens with zero attached hydrogens (tertiary/aromatic N) is 4. The SMILES string of the molecule is CCNC(=O)C1CCCN(c2nc3ncn(CC(=O)Nc4ccc5c(c4)OCCO5)c(=O)c3s2)C1. The number of rotatable bonds is 6. The van der Waals surface area contributed by atoms with Gasteiger partial charge in [-0.05, 0) is 31.9 Å². The standard InChI is InChI=1S/C23H26N6O5S/c1-2-24-21(31)14-4-3-7-28(11-14)23-27-20-19(35-23)22(32)29(13-25-20)12-18(30)26-15-5-6-16-17(10-15)34-9-8-33-16/h5-6,10,13-14H,2-4,7-9,11-12H2,1H3,(H,24,31)(H,26,30). The van der Waals surface area contributed by atoms with Crippen LogP contribution in [0.15, 0.2) is 29.3 Å². The van der Waals surface area contributed by atoms with E-state index in [0.717, 1.165) is 19.4 Å². The lowest BCUT2D eigenvalue weighted by molar-refractivity contribution is -0.125. The maximum absolute atomic E-state index is 13.1. The van der Waals surface area contributed by atoms with E-state index in [1.807, 2.05) is 11.8 Å². The molecule has 1 aromatic carbocycles. The fourth-order valence-corrected chi connectivity index (χ4v) is 5.25. The molecule has 2 aliphatic heterocycles. The predicted octanol–water partition coefficient (Wildman–Crippen LogP) is 1.62. The van der Waals surface area contributed by atoms with Crippen LogP contribution in [0.4, 0.5) is 10.8 Å². The highest BCUT2D eigenvalue weighted by Gasteiger charge is 2.27. The third-order valence-electron chi connectivity index (χ3n) is 5.93. The minimum atomic E-state index is -0.365. The minimum Gasteiger partial charge on any atom is -0.486 e. The van der Waals surface area contributed by atoms with E-state index >= 15 is 0 Å². The molecular formula is C23H26N6O5S. The zero-order valence-electron chi connectivity index (χ0n) is 19.3. The van der Waals surface area contributed by atoms with Crippen molar-refractivity contribution in [1.29, 1.82) is 0 Å². The monoisotopic (exact) mass is 498 g/mol. The largest absolute Gasteiger partial charge is 0.486 e. The molecule has 1 unspecified atom stereocenters. The number of carbonyl (C=O) groups is 2. The predicted molar refractivity (Wildman–Crippen MR) is 131 cm³/mol. The van der Waals surface area contributed by atoms with Gasteiger partial charge in [-0.2, -0.15) is 4.98 Å². The van der Waals surface area contributed by atoms with Crippen LogP contribution in [0.2, 0.25) is 0 Å². The van der Waals surface area contributed by atoms with E-state index in [9.17, 15) is 14.4 Å². The van der Waals surface area contributed by atoms with Gasteiger partial charge in [0.15, 0.2) is 22.3 Å². The highest BCUT2D eigenvalue weighted by atomic mass is 32.1. The fraction of sp³-hybridized carbons (Fsp3) is 0.435. The molecular weight excluding hydrogens is 472 g/mol. The molecule has 12 heteroatoms. The third kappa shape index (κ3) is 4.92. The molecule has 184 valence electrons. The molecule has 0 saturated carbocycles. The number of amides is 2. The van der Waals surface area contributed by atoms with Crippen molar-refractivity contribution in [2.75, 3.05) is 43.1 Å². The highest BCUT2D eigenvalue weighted by Crippen LogP contribution is 2.32. The molecule has 0 bridgehead atoms. The van der Waals surface area contributed by atoms with Crippen molar-refractivity contribution in [2.45, 2.75) is 26.3 Å². The Morgan fingerprint density at radius 3 is 2.89 bits per heavy atom. The van der Waals surface area contributed by atoms with E-state index in [0.29, 0.717) is 59.0 Å². The van der Waals surface area contributed by atoms with Crippen molar-refractivity contribution >= 4 is 44.3 Å². The Bertz CT molecular complexity index is 1320. The molecule has 35 heavy (non-hydrogen) atoms. The summed E-state index contributed by atoms with van der Waals surface area (Å²) < 4.78 is 12.7. The minimum absolute atomic E-state index is 0.0443. The summed E-state index contributed by atoms with van der Waals surface area (Å²) >= 11 is 1.24. The molecule has 0 spiro atoms. The van der Waals surface area contributed by atoms with Gasteiger partial charge in [0.1, 0.15) is 30.8 Å². The quantitative estimate of drug-likeness (QED) is 0.525. The molecule has 3 aromatic rings. The lowest BCUT2D eigenvalue weighted by Gasteiger charge is -2.31. The Balaban J connectivity index is 1.29. The normalized spacial score (nSPS) is 17.3. The smallest absolute Gasteiger partial charge is 0.273 e. The molecule has 2 amide bonds. The summed E-state index contributed by atoms with van der Waals surface area (Å²) in [5.74, 6) is 0.772. The number of benzene rings is 1. The molecule has 0 radical (unpaired) electrons. The number of hydrogen-bond donors (Lipinski definition) is 2. The zero-order chi connectivity index (χ0) is 24.4. The second-order valence-electron chi connectivity index (χ2n) is 8.41. The van der Waals surface area contributed by atoms with E-state index < -0.39 is 0 Å². The lowest BCUT2D eigenvalue weighted by atomic mass is 9.97. The second-order valence-corrected chi connectivity index (χ2v) is 9.39. The van der Waals surface area contributed by atoms with Gasteiger partial charge in [-0.15, -0.1) is 0 Å². The van der Waals surface area contributed by atoms with Crippen LogP contribution in [-0.2, 0) is 16.1 Å². The number of piperidine rings is 1. The number of hydrogen-bond acceptors (Lipinski definition) is 9. The van der Waals surface area contributed by atoms with Gasteiger partial charge in [0.2, 0.25) is 11.8 Å². The summed E-state index contributed by atoms with van der Waals surface area (Å²) in [6, 6.07) is 5.15. The van der Waals surface area contributed by atoms with Gasteiger partial charge in [0.25, 0.3) is 5.56 Å². The first kappa shape index (κ1) is 23.1. The molecule has 1 fully saturated rings.